The second-order valence-electron chi connectivity index (χ2n) is 4.89. The van der Waals surface area contributed by atoms with E-state index in [2.05, 4.69) is 27.7 Å². The lowest BCUT2D eigenvalue weighted by Gasteiger charge is -2.00. The Morgan fingerprint density at radius 3 is 0.750 bits per heavy atom. The Hall–Kier alpha value is 0. The maximum Gasteiger partial charge on any atom is -0.0533 e. The van der Waals surface area contributed by atoms with Crippen LogP contribution in [-0.2, 0) is 0 Å². The molecule has 0 saturated heterocycles. The Kier molecular flexibility index (Phi) is 23.4. The molecule has 0 bridgehead atoms. The molecule has 0 amide bonds. The van der Waals surface area contributed by atoms with Gasteiger partial charge in [-0.3, -0.25) is 0 Å². The Morgan fingerprint density at radius 1 is 0.375 bits per heavy atom. The van der Waals surface area contributed by atoms with E-state index in [1.54, 1.807) is 0 Å². The maximum atomic E-state index is 2.28. The summed E-state index contributed by atoms with van der Waals surface area (Å²) in [6, 6.07) is 0. The average Bonchev–Trinajstić information content (AvgIpc) is 2.28. The second kappa shape index (κ2) is 20.4. The molecule has 0 heteroatoms. The Labute approximate surface area is 105 Å². The van der Waals surface area contributed by atoms with Crippen molar-refractivity contribution in [2.75, 3.05) is 0 Å². The van der Waals surface area contributed by atoms with Crippen LogP contribution in [0.4, 0.5) is 0 Å². The minimum Gasteiger partial charge on any atom is -0.0656 e. The van der Waals surface area contributed by atoms with Crippen LogP contribution in [0.1, 0.15) is 105 Å². The molecule has 0 N–H and O–H groups in total. The van der Waals surface area contributed by atoms with Crippen LogP contribution in [0.25, 0.3) is 0 Å². The van der Waals surface area contributed by atoms with Crippen LogP contribution in [0.5, 0.6) is 0 Å². The molecule has 0 rings (SSSR count). The molecule has 100 valence electrons. The van der Waals surface area contributed by atoms with Gasteiger partial charge in [0.1, 0.15) is 0 Å². The quantitative estimate of drug-likeness (QED) is 0.363. The molecule has 0 atom stereocenters. The minimum absolute atomic E-state index is 1.25. The lowest BCUT2D eigenvalue weighted by Crippen LogP contribution is -1.80. The zero-order valence-electron chi connectivity index (χ0n) is 12.5. The fraction of sp³-hybridized carbons (Fsp3) is 1.00. The number of unbranched alkanes of at least 4 members (excludes halogenated alkanes) is 10. The SMILES string of the molecule is CCC.CCCCCCCCCCCCC. The topological polar surface area (TPSA) is 0 Å². The molecule has 0 heterocycles. The molecule has 0 nitrogen and oxygen atoms in total. The van der Waals surface area contributed by atoms with Crippen LogP contribution in [0.3, 0.4) is 0 Å². The lowest BCUT2D eigenvalue weighted by molar-refractivity contribution is 0.554. The van der Waals surface area contributed by atoms with E-state index in [1.165, 1.54) is 77.0 Å². The van der Waals surface area contributed by atoms with Gasteiger partial charge in [0.05, 0.1) is 0 Å². The van der Waals surface area contributed by atoms with Crippen molar-refractivity contribution < 1.29 is 0 Å². The highest BCUT2D eigenvalue weighted by molar-refractivity contribution is 4.46. The van der Waals surface area contributed by atoms with Gasteiger partial charge >= 0.3 is 0 Å². The summed E-state index contributed by atoms with van der Waals surface area (Å²) in [5.41, 5.74) is 0. The predicted molar refractivity (Wildman–Crippen MR) is 78.1 cm³/mol. The van der Waals surface area contributed by atoms with Crippen molar-refractivity contribution >= 4 is 0 Å². The van der Waals surface area contributed by atoms with Gasteiger partial charge in [-0.05, 0) is 0 Å². The third-order valence-corrected chi connectivity index (χ3v) is 2.71. The van der Waals surface area contributed by atoms with Gasteiger partial charge in [0.25, 0.3) is 0 Å². The van der Waals surface area contributed by atoms with Gasteiger partial charge in [-0.15, -0.1) is 0 Å². The molecule has 0 unspecified atom stereocenters. The Morgan fingerprint density at radius 2 is 0.562 bits per heavy atom. The average molecular weight is 228 g/mol. The molecular formula is C16H36. The first-order chi connectivity index (χ1) is 7.83. The fourth-order valence-electron chi connectivity index (χ4n) is 1.74. The summed E-state index contributed by atoms with van der Waals surface area (Å²) in [6.45, 7) is 8.81. The van der Waals surface area contributed by atoms with Crippen LogP contribution >= 0.6 is 0 Å². The van der Waals surface area contributed by atoms with E-state index in [9.17, 15) is 0 Å². The number of hydrogen-bond acceptors (Lipinski definition) is 0. The first-order valence-electron chi connectivity index (χ1n) is 7.83. The Balaban J connectivity index is 0. The highest BCUT2D eigenvalue weighted by Crippen LogP contribution is 2.10. The van der Waals surface area contributed by atoms with E-state index in [4.69, 9.17) is 0 Å². The summed E-state index contributed by atoms with van der Waals surface area (Å²) in [4.78, 5) is 0. The second-order valence-corrected chi connectivity index (χ2v) is 4.89. The zero-order valence-corrected chi connectivity index (χ0v) is 12.5. The van der Waals surface area contributed by atoms with E-state index in [1.807, 2.05) is 0 Å². The van der Waals surface area contributed by atoms with Crippen LogP contribution in [-0.4, -0.2) is 0 Å². The number of hydrogen-bond donors (Lipinski definition) is 0. The molecule has 0 spiro atoms. The van der Waals surface area contributed by atoms with Crippen LogP contribution in [0.2, 0.25) is 0 Å². The molecule has 0 aliphatic rings. The highest BCUT2D eigenvalue weighted by Gasteiger charge is 1.90. The normalized spacial score (nSPS) is 9.75. The minimum atomic E-state index is 1.25. The van der Waals surface area contributed by atoms with Crippen molar-refractivity contribution in [1.82, 2.24) is 0 Å². The van der Waals surface area contributed by atoms with E-state index < -0.39 is 0 Å². The first kappa shape index (κ1) is 18.4. The third-order valence-electron chi connectivity index (χ3n) is 2.71. The largest absolute Gasteiger partial charge is 0.0656 e. The summed E-state index contributed by atoms with van der Waals surface area (Å²) < 4.78 is 0. The monoisotopic (exact) mass is 228 g/mol. The van der Waals surface area contributed by atoms with Gasteiger partial charge < -0.3 is 0 Å². The van der Waals surface area contributed by atoms with Gasteiger partial charge in [-0.25, -0.2) is 0 Å². The van der Waals surface area contributed by atoms with Crippen molar-refractivity contribution in [1.29, 1.82) is 0 Å². The van der Waals surface area contributed by atoms with Crippen LogP contribution in [0, 0.1) is 0 Å². The Bertz CT molecular complexity index is 76.0. The molecule has 0 aromatic rings. The first-order valence-corrected chi connectivity index (χ1v) is 7.83. The van der Waals surface area contributed by atoms with Gasteiger partial charge in [0, 0.05) is 0 Å². The van der Waals surface area contributed by atoms with E-state index in [0.717, 1.165) is 0 Å². The number of rotatable bonds is 10. The van der Waals surface area contributed by atoms with Crippen LogP contribution in [0.15, 0.2) is 0 Å². The standard InChI is InChI=1S/C13H28.C3H8/c1-3-5-7-9-11-13-12-10-8-6-4-2;1-3-2/h3-13H2,1-2H3;3H2,1-2H3. The molecule has 0 fully saturated rings. The summed E-state index contributed by atoms with van der Waals surface area (Å²) >= 11 is 0. The smallest absolute Gasteiger partial charge is 0.0533 e. The highest BCUT2D eigenvalue weighted by atomic mass is 14.0. The van der Waals surface area contributed by atoms with Gasteiger partial charge in [-0.2, -0.15) is 0 Å². The fourth-order valence-corrected chi connectivity index (χ4v) is 1.74. The van der Waals surface area contributed by atoms with E-state index in [-0.39, 0.29) is 0 Å². The van der Waals surface area contributed by atoms with Crippen molar-refractivity contribution in [2.24, 2.45) is 0 Å². The summed E-state index contributed by atoms with van der Waals surface area (Å²) in [5.74, 6) is 0. The van der Waals surface area contributed by atoms with Crippen LogP contribution < -0.4 is 0 Å². The maximum absolute atomic E-state index is 2.28. The van der Waals surface area contributed by atoms with Crippen molar-refractivity contribution in [2.45, 2.75) is 105 Å². The summed E-state index contributed by atoms with van der Waals surface area (Å²) in [5, 5.41) is 0. The predicted octanol–water partition coefficient (Wildman–Crippen LogP) is 6.73. The van der Waals surface area contributed by atoms with E-state index in [0.29, 0.717) is 0 Å². The third kappa shape index (κ3) is 23.7. The molecule has 0 aliphatic carbocycles. The molecular weight excluding hydrogens is 192 g/mol. The van der Waals surface area contributed by atoms with E-state index >= 15 is 0 Å². The molecule has 0 radical (unpaired) electrons. The molecule has 0 saturated carbocycles. The van der Waals surface area contributed by atoms with Crippen molar-refractivity contribution in [3.05, 3.63) is 0 Å². The summed E-state index contributed by atoms with van der Waals surface area (Å²) in [6.07, 6.45) is 17.2. The molecule has 0 aromatic carbocycles. The van der Waals surface area contributed by atoms with Gasteiger partial charge in [0.15, 0.2) is 0 Å². The molecule has 0 aromatic heterocycles. The zero-order chi connectivity index (χ0) is 12.5. The van der Waals surface area contributed by atoms with Gasteiger partial charge in [-0.1, -0.05) is 105 Å². The van der Waals surface area contributed by atoms with Crippen molar-refractivity contribution in [3.63, 3.8) is 0 Å². The molecule has 0 aliphatic heterocycles. The lowest BCUT2D eigenvalue weighted by atomic mass is 10.1. The molecule has 16 heavy (non-hydrogen) atoms. The van der Waals surface area contributed by atoms with Crippen molar-refractivity contribution in [3.8, 4) is 0 Å². The van der Waals surface area contributed by atoms with Gasteiger partial charge in [0.2, 0.25) is 0 Å². The summed E-state index contributed by atoms with van der Waals surface area (Å²) in [7, 11) is 0.